The number of aryl methyl sites for hydroxylation is 2. The van der Waals surface area contributed by atoms with Gasteiger partial charge in [0.1, 0.15) is 0 Å². The molecular formula is C25H40N2O3SSi. The zero-order valence-electron chi connectivity index (χ0n) is 21.2. The lowest BCUT2D eigenvalue weighted by Crippen LogP contribution is -2.45. The number of aromatic nitrogens is 2. The van der Waals surface area contributed by atoms with Crippen molar-refractivity contribution >= 4 is 26.0 Å². The van der Waals surface area contributed by atoms with Gasteiger partial charge in [0.15, 0.2) is 14.0 Å². The highest BCUT2D eigenvalue weighted by atomic mass is 32.2. The molecule has 32 heavy (non-hydrogen) atoms. The number of esters is 1. The first-order chi connectivity index (χ1) is 14.9. The molecule has 0 amide bonds. The van der Waals surface area contributed by atoms with Crippen molar-refractivity contribution < 1.29 is 14.0 Å². The van der Waals surface area contributed by atoms with Crippen molar-refractivity contribution in [3.8, 4) is 0 Å². The van der Waals surface area contributed by atoms with E-state index in [0.717, 1.165) is 12.2 Å². The Bertz CT molecular complexity index is 905. The first kappa shape index (κ1) is 26.7. The van der Waals surface area contributed by atoms with Crippen LogP contribution in [0.15, 0.2) is 35.6 Å². The van der Waals surface area contributed by atoms with Crippen LogP contribution in [0.4, 0.5) is 0 Å². The first-order valence-corrected chi connectivity index (χ1v) is 15.3. The zero-order chi connectivity index (χ0) is 24.1. The number of nitrogens with zero attached hydrogens (tertiary/aromatic N) is 2. The number of thioether (sulfide) groups is 1. The van der Waals surface area contributed by atoms with Gasteiger partial charge >= 0.3 is 5.97 Å². The molecule has 2 aromatic rings. The van der Waals surface area contributed by atoms with Crippen molar-refractivity contribution in [2.75, 3.05) is 12.4 Å². The van der Waals surface area contributed by atoms with Gasteiger partial charge in [-0.2, -0.15) is 0 Å². The van der Waals surface area contributed by atoms with Gasteiger partial charge in [-0.1, -0.05) is 26.8 Å². The Balaban J connectivity index is 2.20. The third-order valence-corrected chi connectivity index (χ3v) is 12.1. The van der Waals surface area contributed by atoms with E-state index in [0.29, 0.717) is 12.3 Å². The molecule has 1 heterocycles. The molecule has 0 bridgehead atoms. The normalized spacial score (nSPS) is 14.3. The summed E-state index contributed by atoms with van der Waals surface area (Å²) in [4.78, 5) is 17.7. The molecule has 0 aliphatic carbocycles. The van der Waals surface area contributed by atoms with Gasteiger partial charge in [-0.15, -0.1) is 11.8 Å². The summed E-state index contributed by atoms with van der Waals surface area (Å²) in [5.41, 5.74) is 2.97. The molecule has 2 rings (SSSR count). The van der Waals surface area contributed by atoms with E-state index in [1.807, 2.05) is 16.3 Å². The van der Waals surface area contributed by atoms with E-state index in [9.17, 15) is 4.79 Å². The average molecular weight is 477 g/mol. The fourth-order valence-corrected chi connectivity index (χ4v) is 5.74. The second kappa shape index (κ2) is 11.0. The smallest absolute Gasteiger partial charge is 0.358 e. The Kier molecular flexibility index (Phi) is 9.20. The second-order valence-corrected chi connectivity index (χ2v) is 15.9. The summed E-state index contributed by atoms with van der Waals surface area (Å²) >= 11 is 1.86. The SMILES string of the molecule is CCOC(=O)c1cn([C@H](CCSc2ccc(C)c(C)c2)[C@H](C)O[Si](C)(C)C(C)(C)C)cn1. The summed E-state index contributed by atoms with van der Waals surface area (Å²) in [5, 5.41) is 0.130. The van der Waals surface area contributed by atoms with Crippen LogP contribution in [-0.2, 0) is 9.16 Å². The number of hydrogen-bond donors (Lipinski definition) is 0. The maximum absolute atomic E-state index is 12.1. The quantitative estimate of drug-likeness (QED) is 0.214. The minimum atomic E-state index is -1.94. The largest absolute Gasteiger partial charge is 0.461 e. The van der Waals surface area contributed by atoms with E-state index in [2.05, 4.69) is 77.8 Å². The lowest BCUT2D eigenvalue weighted by molar-refractivity contribution is 0.0519. The second-order valence-electron chi connectivity index (χ2n) is 9.96. The van der Waals surface area contributed by atoms with Crippen LogP contribution in [0.1, 0.15) is 68.7 Å². The van der Waals surface area contributed by atoms with Gasteiger partial charge in [-0.3, -0.25) is 0 Å². The topological polar surface area (TPSA) is 53.4 Å². The Hall–Kier alpha value is -1.57. The van der Waals surface area contributed by atoms with E-state index < -0.39 is 8.32 Å². The summed E-state index contributed by atoms with van der Waals surface area (Å²) in [5.74, 6) is 0.568. The molecule has 0 N–H and O–H groups in total. The molecule has 1 aromatic carbocycles. The predicted octanol–water partition coefficient (Wildman–Crippen LogP) is 6.81. The Labute approximate surface area is 199 Å². The van der Waals surface area contributed by atoms with Gasteiger partial charge in [-0.05, 0) is 75.5 Å². The predicted molar refractivity (Wildman–Crippen MR) is 136 cm³/mol. The van der Waals surface area contributed by atoms with E-state index in [1.54, 1.807) is 19.4 Å². The van der Waals surface area contributed by atoms with E-state index >= 15 is 0 Å². The van der Waals surface area contributed by atoms with Crippen LogP contribution in [0.5, 0.6) is 0 Å². The third-order valence-electron chi connectivity index (χ3n) is 6.46. The van der Waals surface area contributed by atoms with Crippen molar-refractivity contribution in [3.05, 3.63) is 47.5 Å². The van der Waals surface area contributed by atoms with Crippen molar-refractivity contribution in [1.29, 1.82) is 0 Å². The number of rotatable bonds is 10. The Morgan fingerprint density at radius 2 is 1.91 bits per heavy atom. The minimum Gasteiger partial charge on any atom is -0.461 e. The maximum atomic E-state index is 12.1. The number of ether oxygens (including phenoxy) is 1. The van der Waals surface area contributed by atoms with Gasteiger partial charge in [0, 0.05) is 16.8 Å². The van der Waals surface area contributed by atoms with Crippen LogP contribution in [0, 0.1) is 13.8 Å². The van der Waals surface area contributed by atoms with Crippen LogP contribution < -0.4 is 0 Å². The average Bonchev–Trinajstić information content (AvgIpc) is 3.16. The van der Waals surface area contributed by atoms with Gasteiger partial charge < -0.3 is 13.7 Å². The molecule has 0 spiro atoms. The van der Waals surface area contributed by atoms with Crippen molar-refractivity contribution in [2.45, 2.75) is 90.1 Å². The van der Waals surface area contributed by atoms with Crippen molar-refractivity contribution in [1.82, 2.24) is 9.55 Å². The number of imidazole rings is 1. The molecule has 0 saturated heterocycles. The van der Waals surface area contributed by atoms with Crippen LogP contribution in [0.2, 0.25) is 18.1 Å². The lowest BCUT2D eigenvalue weighted by Gasteiger charge is -2.40. The van der Waals surface area contributed by atoms with Gasteiger partial charge in [0.2, 0.25) is 0 Å². The Morgan fingerprint density at radius 1 is 1.22 bits per heavy atom. The monoisotopic (exact) mass is 476 g/mol. The summed E-state index contributed by atoms with van der Waals surface area (Å²) in [6.07, 6.45) is 4.45. The minimum absolute atomic E-state index is 0.000455. The van der Waals surface area contributed by atoms with Crippen LogP contribution in [-0.4, -0.2) is 42.3 Å². The standard InChI is InChI=1S/C25H40N2O3SSi/c1-10-29-24(28)22-16-27(17-26-22)23(20(4)30-32(8,9)25(5,6)7)13-14-31-21-12-11-18(2)19(3)15-21/h11-12,15-17,20,23H,10,13-14H2,1-9H3/t20-,23+/m0/s1. The van der Waals surface area contributed by atoms with Crippen LogP contribution in [0.25, 0.3) is 0 Å². The highest BCUT2D eigenvalue weighted by Crippen LogP contribution is 2.39. The molecule has 7 heteroatoms. The Morgan fingerprint density at radius 3 is 2.50 bits per heavy atom. The molecule has 1 aromatic heterocycles. The molecular weight excluding hydrogens is 436 g/mol. The van der Waals surface area contributed by atoms with Crippen molar-refractivity contribution in [2.24, 2.45) is 0 Å². The number of carbonyl (C=O) groups is 1. The summed E-state index contributed by atoms with van der Waals surface area (Å²) in [7, 11) is -1.94. The first-order valence-electron chi connectivity index (χ1n) is 11.4. The summed E-state index contributed by atoms with van der Waals surface area (Å²) in [6.45, 7) is 19.9. The van der Waals surface area contributed by atoms with Crippen LogP contribution in [0.3, 0.4) is 0 Å². The number of carbonyl (C=O) groups excluding carboxylic acids is 1. The highest BCUT2D eigenvalue weighted by molar-refractivity contribution is 7.99. The molecule has 2 atom stereocenters. The highest BCUT2D eigenvalue weighted by Gasteiger charge is 2.40. The molecule has 5 nitrogen and oxygen atoms in total. The number of benzene rings is 1. The third kappa shape index (κ3) is 6.96. The fourth-order valence-electron chi connectivity index (χ4n) is 3.28. The fraction of sp³-hybridized carbons (Fsp3) is 0.600. The summed E-state index contributed by atoms with van der Waals surface area (Å²) < 4.78 is 13.9. The van der Waals surface area contributed by atoms with Crippen molar-refractivity contribution in [3.63, 3.8) is 0 Å². The van der Waals surface area contributed by atoms with Gasteiger partial charge in [0.05, 0.1) is 25.1 Å². The number of hydrogen-bond acceptors (Lipinski definition) is 5. The van der Waals surface area contributed by atoms with E-state index in [4.69, 9.17) is 9.16 Å². The molecule has 0 saturated carbocycles. The zero-order valence-corrected chi connectivity index (χ0v) is 23.0. The molecule has 0 aliphatic heterocycles. The molecule has 0 unspecified atom stereocenters. The van der Waals surface area contributed by atoms with E-state index in [-0.39, 0.29) is 23.2 Å². The molecule has 178 valence electrons. The van der Waals surface area contributed by atoms with Gasteiger partial charge in [0.25, 0.3) is 0 Å². The summed E-state index contributed by atoms with van der Waals surface area (Å²) in [6, 6.07) is 6.70. The maximum Gasteiger partial charge on any atom is 0.358 e. The lowest BCUT2D eigenvalue weighted by atomic mass is 10.1. The molecule has 0 aliphatic rings. The molecule has 0 fully saturated rings. The van der Waals surface area contributed by atoms with E-state index in [1.165, 1.54) is 16.0 Å². The van der Waals surface area contributed by atoms with Crippen LogP contribution >= 0.6 is 11.8 Å². The van der Waals surface area contributed by atoms with Gasteiger partial charge in [-0.25, -0.2) is 9.78 Å². The molecule has 0 radical (unpaired) electrons.